The third-order valence-corrected chi connectivity index (χ3v) is 5.96. The molecule has 6 heteroatoms. The molecule has 33 heavy (non-hydrogen) atoms. The summed E-state index contributed by atoms with van der Waals surface area (Å²) in [6, 6.07) is 23.8. The van der Waals surface area contributed by atoms with Crippen LogP contribution in [0.2, 0.25) is 0 Å². The van der Waals surface area contributed by atoms with Crippen LogP contribution in [0.3, 0.4) is 0 Å². The number of hydrogen-bond donors (Lipinski definition) is 2. The Kier molecular flexibility index (Phi) is 6.75. The third kappa shape index (κ3) is 5.41. The molecule has 0 bridgehead atoms. The van der Waals surface area contributed by atoms with Gasteiger partial charge >= 0.3 is 0 Å². The minimum atomic E-state index is -0.102. The quantitative estimate of drug-likeness (QED) is 0.372. The Labute approximate surface area is 199 Å². The van der Waals surface area contributed by atoms with E-state index in [0.717, 1.165) is 39.0 Å². The number of para-hydroxylation sites is 1. The Balaban J connectivity index is 1.66. The highest BCUT2D eigenvalue weighted by atomic mass is 32.1. The van der Waals surface area contributed by atoms with Crippen LogP contribution in [-0.2, 0) is 13.1 Å². The molecule has 0 aliphatic heterocycles. The molecular formula is C27H27N3O2S. The van der Waals surface area contributed by atoms with Gasteiger partial charge in [0.15, 0.2) is 5.11 Å². The molecule has 0 fully saturated rings. The number of pyridine rings is 1. The molecule has 1 aromatic heterocycles. The second-order valence-electron chi connectivity index (χ2n) is 8.17. The van der Waals surface area contributed by atoms with Gasteiger partial charge in [-0.25, -0.2) is 0 Å². The number of nitrogens with zero attached hydrogens (tertiary/aromatic N) is 1. The fraction of sp³-hybridized carbons (Fsp3) is 0.185. The number of fused-ring (bicyclic) bond motifs is 1. The Bertz CT molecular complexity index is 1330. The van der Waals surface area contributed by atoms with E-state index in [1.54, 1.807) is 7.11 Å². The first-order chi connectivity index (χ1) is 15.9. The van der Waals surface area contributed by atoms with Crippen LogP contribution in [0.5, 0.6) is 5.75 Å². The average molecular weight is 458 g/mol. The lowest BCUT2D eigenvalue weighted by molar-refractivity contribution is 0.406. The Morgan fingerprint density at radius 1 is 1.00 bits per heavy atom. The van der Waals surface area contributed by atoms with Crippen LogP contribution >= 0.6 is 12.2 Å². The van der Waals surface area contributed by atoms with Crippen LogP contribution in [0, 0.1) is 13.8 Å². The van der Waals surface area contributed by atoms with Crippen molar-refractivity contribution in [2.75, 3.05) is 12.4 Å². The van der Waals surface area contributed by atoms with Gasteiger partial charge in [-0.3, -0.25) is 4.79 Å². The second kappa shape index (κ2) is 9.88. The second-order valence-corrected chi connectivity index (χ2v) is 8.55. The van der Waals surface area contributed by atoms with E-state index in [-0.39, 0.29) is 5.56 Å². The first-order valence-electron chi connectivity index (χ1n) is 10.8. The summed E-state index contributed by atoms with van der Waals surface area (Å²) in [7, 11) is 1.65. The van der Waals surface area contributed by atoms with Gasteiger partial charge in [-0.1, -0.05) is 36.4 Å². The molecule has 0 saturated heterocycles. The van der Waals surface area contributed by atoms with Gasteiger partial charge < -0.3 is 19.9 Å². The van der Waals surface area contributed by atoms with Crippen LogP contribution in [0.4, 0.5) is 5.69 Å². The zero-order valence-corrected chi connectivity index (χ0v) is 19.8. The van der Waals surface area contributed by atoms with Gasteiger partial charge in [-0.15, -0.1) is 0 Å². The number of ether oxygens (including phenoxy) is 1. The van der Waals surface area contributed by atoms with Gasteiger partial charge in [-0.05, 0) is 79.2 Å². The van der Waals surface area contributed by atoms with Crippen LogP contribution in [-0.4, -0.2) is 22.1 Å². The maximum absolute atomic E-state index is 12.9. The summed E-state index contributed by atoms with van der Waals surface area (Å²) >= 11 is 5.76. The molecule has 4 aromatic rings. The average Bonchev–Trinajstić information content (AvgIpc) is 2.80. The summed E-state index contributed by atoms with van der Waals surface area (Å²) in [5.74, 6) is 0.798. The van der Waals surface area contributed by atoms with E-state index >= 15 is 0 Å². The van der Waals surface area contributed by atoms with Gasteiger partial charge in [-0.2, -0.15) is 0 Å². The molecule has 3 aromatic carbocycles. The third-order valence-electron chi connectivity index (χ3n) is 5.60. The maximum Gasteiger partial charge on any atom is 0.253 e. The molecule has 0 amide bonds. The van der Waals surface area contributed by atoms with E-state index < -0.39 is 0 Å². The maximum atomic E-state index is 12.9. The number of H-pyrrole nitrogens is 1. The molecule has 168 valence electrons. The summed E-state index contributed by atoms with van der Waals surface area (Å²) in [6.07, 6.45) is 0. The molecule has 0 spiro atoms. The lowest BCUT2D eigenvalue weighted by Crippen LogP contribution is -2.35. The van der Waals surface area contributed by atoms with Crippen LogP contribution in [0.25, 0.3) is 10.9 Å². The molecule has 0 saturated carbocycles. The molecule has 5 nitrogen and oxygen atoms in total. The zero-order chi connectivity index (χ0) is 23.4. The normalized spacial score (nSPS) is 10.8. The van der Waals surface area contributed by atoms with Crippen molar-refractivity contribution in [2.45, 2.75) is 26.9 Å². The van der Waals surface area contributed by atoms with Crippen molar-refractivity contribution < 1.29 is 4.74 Å². The lowest BCUT2D eigenvalue weighted by Gasteiger charge is -2.26. The number of methoxy groups -OCH3 is 1. The van der Waals surface area contributed by atoms with E-state index in [9.17, 15) is 4.79 Å². The van der Waals surface area contributed by atoms with E-state index in [2.05, 4.69) is 23.3 Å². The summed E-state index contributed by atoms with van der Waals surface area (Å²) in [5, 5.41) is 4.90. The summed E-state index contributed by atoms with van der Waals surface area (Å²) < 4.78 is 5.28. The van der Waals surface area contributed by atoms with Crippen molar-refractivity contribution in [1.29, 1.82) is 0 Å². The minimum absolute atomic E-state index is 0.102. The predicted molar refractivity (Wildman–Crippen MR) is 139 cm³/mol. The van der Waals surface area contributed by atoms with E-state index in [0.29, 0.717) is 23.8 Å². The Morgan fingerprint density at radius 3 is 2.42 bits per heavy atom. The monoisotopic (exact) mass is 457 g/mol. The van der Waals surface area contributed by atoms with Crippen LogP contribution < -0.4 is 15.6 Å². The fourth-order valence-electron chi connectivity index (χ4n) is 3.91. The zero-order valence-electron chi connectivity index (χ0n) is 19.0. The number of hydrogen-bond acceptors (Lipinski definition) is 3. The molecule has 0 radical (unpaired) electrons. The van der Waals surface area contributed by atoms with E-state index in [1.165, 1.54) is 0 Å². The molecule has 0 aliphatic rings. The molecule has 0 atom stereocenters. The van der Waals surface area contributed by atoms with Gasteiger partial charge in [0, 0.05) is 28.7 Å². The number of aryl methyl sites for hydroxylation is 2. The van der Waals surface area contributed by atoms with Crippen LogP contribution in [0.1, 0.15) is 22.3 Å². The predicted octanol–water partition coefficient (Wildman–Crippen LogP) is 5.55. The number of aromatic nitrogens is 1. The number of rotatable bonds is 6. The minimum Gasteiger partial charge on any atom is -0.497 e. The van der Waals surface area contributed by atoms with E-state index in [1.807, 2.05) is 78.6 Å². The SMILES string of the molecule is COc1ccc(CN(Cc2cc3c(C)cc(C)cc3[nH]c2=O)C(=S)Nc2ccccc2)cc1. The van der Waals surface area contributed by atoms with Gasteiger partial charge in [0.05, 0.1) is 13.7 Å². The number of anilines is 1. The number of aromatic amines is 1. The van der Waals surface area contributed by atoms with Crippen molar-refractivity contribution in [3.63, 3.8) is 0 Å². The highest BCUT2D eigenvalue weighted by Crippen LogP contribution is 2.20. The summed E-state index contributed by atoms with van der Waals surface area (Å²) in [4.78, 5) is 18.0. The molecule has 4 rings (SSSR count). The van der Waals surface area contributed by atoms with Crippen molar-refractivity contribution in [1.82, 2.24) is 9.88 Å². The van der Waals surface area contributed by atoms with Crippen molar-refractivity contribution >= 4 is 33.9 Å². The topological polar surface area (TPSA) is 57.4 Å². The first-order valence-corrected chi connectivity index (χ1v) is 11.2. The van der Waals surface area contributed by atoms with Gasteiger partial charge in [0.25, 0.3) is 5.56 Å². The first kappa shape index (κ1) is 22.6. The molecular weight excluding hydrogens is 430 g/mol. The smallest absolute Gasteiger partial charge is 0.253 e. The van der Waals surface area contributed by atoms with Crippen molar-refractivity contribution in [2.24, 2.45) is 0 Å². The molecule has 1 heterocycles. The Hall–Kier alpha value is -3.64. The van der Waals surface area contributed by atoms with Gasteiger partial charge in [0.2, 0.25) is 0 Å². The Morgan fingerprint density at radius 2 is 1.73 bits per heavy atom. The standard InChI is InChI=1S/C27H27N3O2S/c1-18-13-19(2)24-15-21(26(31)29-25(24)14-18)17-30(16-20-9-11-23(32-3)12-10-20)27(33)28-22-7-5-4-6-8-22/h4-15H,16-17H2,1-3H3,(H,28,33)(H,29,31). The molecule has 0 aliphatic carbocycles. The number of benzene rings is 3. The molecule has 2 N–H and O–H groups in total. The number of nitrogens with one attached hydrogen (secondary N) is 2. The van der Waals surface area contributed by atoms with Crippen LogP contribution in [0.15, 0.2) is 77.6 Å². The van der Waals surface area contributed by atoms with Crippen molar-refractivity contribution in [3.05, 3.63) is 105 Å². The lowest BCUT2D eigenvalue weighted by atomic mass is 10.0. The van der Waals surface area contributed by atoms with Crippen molar-refractivity contribution in [3.8, 4) is 5.75 Å². The highest BCUT2D eigenvalue weighted by Gasteiger charge is 2.15. The number of thiocarbonyl (C=S) groups is 1. The summed E-state index contributed by atoms with van der Waals surface area (Å²) in [6.45, 7) is 5.02. The van der Waals surface area contributed by atoms with Gasteiger partial charge in [0.1, 0.15) is 5.75 Å². The fourth-order valence-corrected chi connectivity index (χ4v) is 4.16. The highest BCUT2D eigenvalue weighted by molar-refractivity contribution is 7.80. The largest absolute Gasteiger partial charge is 0.497 e. The van der Waals surface area contributed by atoms with E-state index in [4.69, 9.17) is 17.0 Å². The molecule has 0 unspecified atom stereocenters. The summed E-state index contributed by atoms with van der Waals surface area (Å²) in [5.41, 5.74) is 5.65.